The predicted molar refractivity (Wildman–Crippen MR) is 82.3 cm³/mol. The number of amides is 1. The van der Waals surface area contributed by atoms with E-state index in [1.165, 1.54) is 0 Å². The summed E-state index contributed by atoms with van der Waals surface area (Å²) in [4.78, 5) is 22.8. The Hall–Kier alpha value is -2.17. The van der Waals surface area contributed by atoms with Gasteiger partial charge in [0.25, 0.3) is 5.91 Å². The van der Waals surface area contributed by atoms with E-state index in [-0.39, 0.29) is 5.91 Å². The molecule has 0 aliphatic carbocycles. The second-order valence-corrected chi connectivity index (χ2v) is 6.12. The molecule has 0 bridgehead atoms. The summed E-state index contributed by atoms with van der Waals surface area (Å²) in [6.07, 6.45) is 5.95. The van der Waals surface area contributed by atoms with Crippen molar-refractivity contribution in [2.75, 3.05) is 6.54 Å². The zero-order chi connectivity index (χ0) is 15.5. The minimum Gasteiger partial charge on any atom is -0.445 e. The first-order valence-corrected chi connectivity index (χ1v) is 7.80. The third kappa shape index (κ3) is 3.18. The Kier molecular flexibility index (Phi) is 4.22. The maximum absolute atomic E-state index is 12.5. The van der Waals surface area contributed by atoms with E-state index in [0.717, 1.165) is 36.6 Å². The van der Waals surface area contributed by atoms with Crippen LogP contribution in [0.25, 0.3) is 0 Å². The molecule has 5 nitrogen and oxygen atoms in total. The zero-order valence-corrected chi connectivity index (χ0v) is 13.1. The number of rotatable bonds is 4. The second-order valence-electron chi connectivity index (χ2n) is 6.12. The summed E-state index contributed by atoms with van der Waals surface area (Å²) in [6, 6.07) is 3.49. The molecule has 2 aromatic rings. The van der Waals surface area contributed by atoms with Crippen LogP contribution in [0.15, 0.2) is 28.9 Å². The largest absolute Gasteiger partial charge is 0.445 e. The zero-order valence-electron chi connectivity index (χ0n) is 13.1. The van der Waals surface area contributed by atoms with Gasteiger partial charge in [0.15, 0.2) is 5.89 Å². The molecule has 0 atom stereocenters. The highest BCUT2D eigenvalue weighted by Gasteiger charge is 2.26. The van der Waals surface area contributed by atoms with Gasteiger partial charge in [-0.15, -0.1) is 0 Å². The molecule has 2 aromatic heterocycles. The molecule has 0 saturated heterocycles. The molecule has 1 amide bonds. The van der Waals surface area contributed by atoms with Crippen molar-refractivity contribution >= 4 is 5.91 Å². The van der Waals surface area contributed by atoms with Crippen LogP contribution in [0.5, 0.6) is 0 Å². The van der Waals surface area contributed by atoms with Gasteiger partial charge in [-0.05, 0) is 24.5 Å². The molecule has 3 rings (SSSR count). The Bertz CT molecular complexity index is 649. The molecule has 1 aliphatic rings. The van der Waals surface area contributed by atoms with Crippen molar-refractivity contribution in [1.29, 1.82) is 0 Å². The monoisotopic (exact) mass is 299 g/mol. The number of aryl methyl sites for hydroxylation is 1. The molecule has 22 heavy (non-hydrogen) atoms. The topological polar surface area (TPSA) is 59.2 Å². The van der Waals surface area contributed by atoms with Gasteiger partial charge in [-0.1, -0.05) is 13.8 Å². The van der Waals surface area contributed by atoms with Crippen LogP contribution in [-0.4, -0.2) is 27.3 Å². The van der Waals surface area contributed by atoms with E-state index >= 15 is 0 Å². The summed E-state index contributed by atoms with van der Waals surface area (Å²) in [5, 5.41) is 0. The highest BCUT2D eigenvalue weighted by atomic mass is 16.4. The molecule has 5 heteroatoms. The summed E-state index contributed by atoms with van der Waals surface area (Å²) >= 11 is 0. The standard InChI is InChI=1S/C17H21N3O2/c1-12(2)3-4-16-19-14-11-20(10-7-15(14)22-16)17(21)13-5-8-18-9-6-13/h5-6,8-9,12H,3-4,7,10-11H2,1-2H3. The highest BCUT2D eigenvalue weighted by Crippen LogP contribution is 2.22. The van der Waals surface area contributed by atoms with Gasteiger partial charge in [0.05, 0.1) is 6.54 Å². The minimum absolute atomic E-state index is 0.0276. The molecule has 0 spiro atoms. The average molecular weight is 299 g/mol. The molecule has 1 aliphatic heterocycles. The first-order valence-electron chi connectivity index (χ1n) is 7.80. The van der Waals surface area contributed by atoms with Crippen molar-refractivity contribution in [3.8, 4) is 0 Å². The maximum Gasteiger partial charge on any atom is 0.254 e. The van der Waals surface area contributed by atoms with Crippen molar-refractivity contribution in [3.63, 3.8) is 0 Å². The lowest BCUT2D eigenvalue weighted by molar-refractivity contribution is 0.0727. The van der Waals surface area contributed by atoms with Crippen LogP contribution >= 0.6 is 0 Å². The summed E-state index contributed by atoms with van der Waals surface area (Å²) in [6.45, 7) is 5.59. The van der Waals surface area contributed by atoms with E-state index in [4.69, 9.17) is 4.42 Å². The molecule has 0 aromatic carbocycles. The molecule has 0 N–H and O–H groups in total. The number of hydrogen-bond donors (Lipinski definition) is 0. The molecular weight excluding hydrogens is 278 g/mol. The summed E-state index contributed by atoms with van der Waals surface area (Å²) in [5.74, 6) is 2.41. The number of pyridine rings is 1. The van der Waals surface area contributed by atoms with Crippen molar-refractivity contribution in [1.82, 2.24) is 14.9 Å². The van der Waals surface area contributed by atoms with Gasteiger partial charge in [0.2, 0.25) is 0 Å². The van der Waals surface area contributed by atoms with Gasteiger partial charge in [-0.3, -0.25) is 9.78 Å². The molecule has 0 unspecified atom stereocenters. The molecule has 0 radical (unpaired) electrons. The van der Waals surface area contributed by atoms with E-state index in [2.05, 4.69) is 23.8 Å². The average Bonchev–Trinajstić information content (AvgIpc) is 2.95. The van der Waals surface area contributed by atoms with E-state index in [1.807, 2.05) is 4.90 Å². The van der Waals surface area contributed by atoms with Gasteiger partial charge in [-0.25, -0.2) is 4.98 Å². The first-order chi connectivity index (χ1) is 10.6. The SMILES string of the molecule is CC(C)CCc1nc2c(o1)CCN(C(=O)c1ccncc1)C2. The van der Waals surface area contributed by atoms with Gasteiger partial charge in [0.1, 0.15) is 11.5 Å². The van der Waals surface area contributed by atoms with E-state index in [9.17, 15) is 4.79 Å². The van der Waals surface area contributed by atoms with Crippen molar-refractivity contribution < 1.29 is 9.21 Å². The van der Waals surface area contributed by atoms with Crippen LogP contribution < -0.4 is 0 Å². The van der Waals surface area contributed by atoms with Crippen molar-refractivity contribution in [2.45, 2.75) is 39.7 Å². The summed E-state index contributed by atoms with van der Waals surface area (Å²) in [5.41, 5.74) is 1.58. The number of carbonyl (C=O) groups is 1. The first kappa shape index (κ1) is 14.8. The normalized spacial score (nSPS) is 14.2. The van der Waals surface area contributed by atoms with Gasteiger partial charge in [0, 0.05) is 37.3 Å². The van der Waals surface area contributed by atoms with Crippen LogP contribution in [0.3, 0.4) is 0 Å². The Labute approximate surface area is 130 Å². The fourth-order valence-electron chi connectivity index (χ4n) is 2.62. The number of oxazole rings is 1. The number of hydrogen-bond acceptors (Lipinski definition) is 4. The van der Waals surface area contributed by atoms with Gasteiger partial charge < -0.3 is 9.32 Å². The lowest BCUT2D eigenvalue weighted by Gasteiger charge is -2.25. The molecular formula is C17H21N3O2. The third-order valence-corrected chi connectivity index (χ3v) is 3.92. The van der Waals surface area contributed by atoms with Crippen LogP contribution in [0.4, 0.5) is 0 Å². The van der Waals surface area contributed by atoms with Crippen molar-refractivity contribution in [2.24, 2.45) is 5.92 Å². The quantitative estimate of drug-likeness (QED) is 0.871. The van der Waals surface area contributed by atoms with Crippen LogP contribution in [0.2, 0.25) is 0 Å². The van der Waals surface area contributed by atoms with Gasteiger partial charge in [-0.2, -0.15) is 0 Å². The smallest absolute Gasteiger partial charge is 0.254 e. The minimum atomic E-state index is 0.0276. The molecule has 0 saturated carbocycles. The Morgan fingerprint density at radius 2 is 2.14 bits per heavy atom. The maximum atomic E-state index is 12.5. The summed E-state index contributed by atoms with van der Waals surface area (Å²) in [7, 11) is 0. The van der Waals surface area contributed by atoms with E-state index in [1.54, 1.807) is 24.5 Å². The number of nitrogens with zero attached hydrogens (tertiary/aromatic N) is 3. The Morgan fingerprint density at radius 3 is 2.86 bits per heavy atom. The molecule has 0 fully saturated rings. The van der Waals surface area contributed by atoms with E-state index < -0.39 is 0 Å². The Morgan fingerprint density at radius 1 is 1.36 bits per heavy atom. The number of aromatic nitrogens is 2. The lowest BCUT2D eigenvalue weighted by atomic mass is 10.1. The van der Waals surface area contributed by atoms with Crippen molar-refractivity contribution in [3.05, 3.63) is 47.4 Å². The molecule has 3 heterocycles. The fourth-order valence-corrected chi connectivity index (χ4v) is 2.62. The highest BCUT2D eigenvalue weighted by molar-refractivity contribution is 5.94. The fraction of sp³-hybridized carbons (Fsp3) is 0.471. The van der Waals surface area contributed by atoms with E-state index in [0.29, 0.717) is 24.6 Å². The second kappa shape index (κ2) is 6.30. The summed E-state index contributed by atoms with van der Waals surface area (Å²) < 4.78 is 5.83. The molecule has 116 valence electrons. The van der Waals surface area contributed by atoms with Crippen LogP contribution in [0, 0.1) is 5.92 Å². The van der Waals surface area contributed by atoms with Crippen LogP contribution in [-0.2, 0) is 19.4 Å². The van der Waals surface area contributed by atoms with Gasteiger partial charge >= 0.3 is 0 Å². The lowest BCUT2D eigenvalue weighted by Crippen LogP contribution is -2.35. The number of fused-ring (bicyclic) bond motifs is 1. The number of carbonyl (C=O) groups excluding carboxylic acids is 1. The predicted octanol–water partition coefficient (Wildman–Crippen LogP) is 2.86. The third-order valence-electron chi connectivity index (χ3n) is 3.92. The van der Waals surface area contributed by atoms with Crippen LogP contribution in [0.1, 0.15) is 48.0 Å². The Balaban J connectivity index is 1.70.